The van der Waals surface area contributed by atoms with Crippen molar-refractivity contribution >= 4 is 11.8 Å². The van der Waals surface area contributed by atoms with Crippen molar-refractivity contribution in [1.29, 1.82) is 0 Å². The summed E-state index contributed by atoms with van der Waals surface area (Å²) in [5.41, 5.74) is 3.81. The molecule has 1 aromatic carbocycles. The minimum atomic E-state index is -4.57. The molecule has 0 bridgehead atoms. The van der Waals surface area contributed by atoms with Crippen LogP contribution >= 0.6 is 0 Å². The van der Waals surface area contributed by atoms with Crippen LogP contribution in [0.4, 0.5) is 23.7 Å². The number of nitrogen functional groups attached to an aromatic ring is 1. The average molecular weight is 304 g/mol. The predicted octanol–water partition coefficient (Wildman–Crippen LogP) is 3.87. The van der Waals surface area contributed by atoms with Crippen LogP contribution < -0.4 is 11.1 Å². The molecule has 1 rings (SSSR count). The lowest BCUT2D eigenvalue weighted by Gasteiger charge is -2.23. The number of nitrogens with two attached hydrogens (primary N) is 1. The van der Waals surface area contributed by atoms with Gasteiger partial charge in [0, 0.05) is 16.8 Å². The highest BCUT2D eigenvalue weighted by molar-refractivity contribution is 5.68. The van der Waals surface area contributed by atoms with Crippen LogP contribution in [0.3, 0.4) is 0 Å². The Bertz CT molecular complexity index is 522. The van der Waals surface area contributed by atoms with Gasteiger partial charge in [0.15, 0.2) is 0 Å². The second-order valence-electron chi connectivity index (χ2n) is 5.77. The lowest BCUT2D eigenvalue weighted by Crippen LogP contribution is -2.41. The van der Waals surface area contributed by atoms with Gasteiger partial charge in [0.25, 0.3) is 0 Å². The first-order valence-corrected chi connectivity index (χ1v) is 6.35. The van der Waals surface area contributed by atoms with E-state index in [0.29, 0.717) is 0 Å². The van der Waals surface area contributed by atoms with E-state index in [1.165, 1.54) is 19.1 Å². The Morgan fingerprint density at radius 2 is 1.86 bits per heavy atom. The second-order valence-corrected chi connectivity index (χ2v) is 5.77. The Hall–Kier alpha value is -1.92. The largest absolute Gasteiger partial charge is 0.442 e. The summed E-state index contributed by atoms with van der Waals surface area (Å²) in [5.74, 6) is 0. The Morgan fingerprint density at radius 3 is 2.33 bits per heavy atom. The zero-order valence-electron chi connectivity index (χ0n) is 12.3. The molecule has 0 saturated carbocycles. The van der Waals surface area contributed by atoms with Gasteiger partial charge in [0.1, 0.15) is 6.10 Å². The smallest absolute Gasteiger partial charge is 0.416 e. The Labute approximate surface area is 121 Å². The summed E-state index contributed by atoms with van der Waals surface area (Å²) >= 11 is 0. The van der Waals surface area contributed by atoms with Crippen LogP contribution in [0.2, 0.25) is 0 Å². The summed E-state index contributed by atoms with van der Waals surface area (Å²) in [4.78, 5) is 11.6. The molecule has 1 unspecified atom stereocenters. The van der Waals surface area contributed by atoms with Crippen molar-refractivity contribution in [2.75, 3.05) is 5.73 Å². The Kier molecular flexibility index (Phi) is 4.76. The topological polar surface area (TPSA) is 64.3 Å². The third-order valence-electron chi connectivity index (χ3n) is 2.58. The first kappa shape index (κ1) is 17.1. The second kappa shape index (κ2) is 5.83. The number of anilines is 1. The molecule has 118 valence electrons. The highest BCUT2D eigenvalue weighted by Gasteiger charge is 2.35. The molecule has 0 saturated heterocycles. The van der Waals surface area contributed by atoms with E-state index in [0.717, 1.165) is 6.07 Å². The minimum Gasteiger partial charge on any atom is -0.442 e. The monoisotopic (exact) mass is 304 g/mol. The van der Waals surface area contributed by atoms with Gasteiger partial charge in [-0.3, -0.25) is 0 Å². The third-order valence-corrected chi connectivity index (χ3v) is 2.58. The van der Waals surface area contributed by atoms with Crippen LogP contribution in [0.25, 0.3) is 0 Å². The summed E-state index contributed by atoms with van der Waals surface area (Å²) in [6.07, 6.45) is -6.40. The number of benzene rings is 1. The predicted molar refractivity (Wildman–Crippen MR) is 73.6 cm³/mol. The van der Waals surface area contributed by atoms with Gasteiger partial charge in [0.05, 0.1) is 5.56 Å². The number of amides is 1. The minimum absolute atomic E-state index is 0.00239. The zero-order chi connectivity index (χ0) is 16.4. The van der Waals surface area contributed by atoms with E-state index in [1.54, 1.807) is 20.8 Å². The van der Waals surface area contributed by atoms with E-state index in [9.17, 15) is 18.0 Å². The van der Waals surface area contributed by atoms with E-state index in [1.807, 2.05) is 0 Å². The van der Waals surface area contributed by atoms with Gasteiger partial charge in [-0.05, 0) is 39.8 Å². The molecular formula is C14H19F3N2O2. The van der Waals surface area contributed by atoms with E-state index in [-0.39, 0.29) is 11.3 Å². The maximum absolute atomic E-state index is 13.0. The first-order chi connectivity index (χ1) is 9.40. The molecule has 1 aromatic rings. The van der Waals surface area contributed by atoms with Gasteiger partial charge in [0.2, 0.25) is 0 Å². The third kappa shape index (κ3) is 5.17. The first-order valence-electron chi connectivity index (χ1n) is 6.35. The standard InChI is InChI=1S/C14H19F3N2O2/c1-8(21-12(20)19-13(2,3)4)10-6-5-9(18)7-11(10)14(15,16)17/h5-8H,18H2,1-4H3,(H,19,20). The van der Waals surface area contributed by atoms with Crippen LogP contribution in [0.5, 0.6) is 0 Å². The van der Waals surface area contributed by atoms with Crippen molar-refractivity contribution < 1.29 is 22.7 Å². The van der Waals surface area contributed by atoms with Crippen molar-refractivity contribution in [3.05, 3.63) is 29.3 Å². The van der Waals surface area contributed by atoms with E-state index >= 15 is 0 Å². The molecule has 3 N–H and O–H groups in total. The normalized spacial score (nSPS) is 13.7. The van der Waals surface area contributed by atoms with Crippen molar-refractivity contribution in [3.8, 4) is 0 Å². The molecule has 21 heavy (non-hydrogen) atoms. The number of ether oxygens (including phenoxy) is 1. The number of hydrogen-bond donors (Lipinski definition) is 2. The number of nitrogens with one attached hydrogen (secondary N) is 1. The number of alkyl carbamates (subject to hydrolysis) is 1. The van der Waals surface area contributed by atoms with Gasteiger partial charge < -0.3 is 15.8 Å². The van der Waals surface area contributed by atoms with Crippen LogP contribution in [0, 0.1) is 0 Å². The molecule has 0 spiro atoms. The quantitative estimate of drug-likeness (QED) is 0.815. The molecule has 0 radical (unpaired) electrons. The van der Waals surface area contributed by atoms with E-state index in [4.69, 9.17) is 10.5 Å². The summed E-state index contributed by atoms with van der Waals surface area (Å²) in [5, 5.41) is 2.52. The molecule has 1 amide bonds. The maximum atomic E-state index is 13.0. The van der Waals surface area contributed by atoms with Crippen molar-refractivity contribution in [1.82, 2.24) is 5.32 Å². The van der Waals surface area contributed by atoms with Crippen molar-refractivity contribution in [3.63, 3.8) is 0 Å². The van der Waals surface area contributed by atoms with Gasteiger partial charge in [-0.2, -0.15) is 13.2 Å². The molecule has 0 heterocycles. The SMILES string of the molecule is CC(OC(=O)NC(C)(C)C)c1ccc(N)cc1C(F)(F)F. The Balaban J connectivity index is 2.98. The van der Waals surface area contributed by atoms with E-state index in [2.05, 4.69) is 5.32 Å². The fraction of sp³-hybridized carbons (Fsp3) is 0.500. The summed E-state index contributed by atoms with van der Waals surface area (Å²) < 4.78 is 44.0. The van der Waals surface area contributed by atoms with Gasteiger partial charge in [-0.25, -0.2) is 4.79 Å². The van der Waals surface area contributed by atoms with Gasteiger partial charge in [-0.15, -0.1) is 0 Å². The van der Waals surface area contributed by atoms with Crippen LogP contribution in [-0.2, 0) is 10.9 Å². The van der Waals surface area contributed by atoms with Crippen LogP contribution in [0.15, 0.2) is 18.2 Å². The molecule has 0 aliphatic carbocycles. The highest BCUT2D eigenvalue weighted by Crippen LogP contribution is 2.36. The highest BCUT2D eigenvalue weighted by atomic mass is 19.4. The zero-order valence-corrected chi connectivity index (χ0v) is 12.3. The maximum Gasteiger partial charge on any atom is 0.416 e. The Morgan fingerprint density at radius 1 is 1.29 bits per heavy atom. The molecule has 0 aliphatic rings. The molecular weight excluding hydrogens is 285 g/mol. The van der Waals surface area contributed by atoms with Crippen LogP contribution in [0.1, 0.15) is 44.9 Å². The number of carbonyl (C=O) groups excluding carboxylic acids is 1. The summed E-state index contributed by atoms with van der Waals surface area (Å²) in [6, 6.07) is 3.39. The fourth-order valence-electron chi connectivity index (χ4n) is 1.73. The number of carbonyl (C=O) groups is 1. The number of halogens is 3. The number of hydrogen-bond acceptors (Lipinski definition) is 3. The molecule has 7 heteroatoms. The lowest BCUT2D eigenvalue weighted by atomic mass is 10.0. The number of alkyl halides is 3. The van der Waals surface area contributed by atoms with Gasteiger partial charge >= 0.3 is 12.3 Å². The fourth-order valence-corrected chi connectivity index (χ4v) is 1.73. The van der Waals surface area contributed by atoms with Crippen molar-refractivity contribution in [2.24, 2.45) is 0 Å². The average Bonchev–Trinajstić information content (AvgIpc) is 2.24. The van der Waals surface area contributed by atoms with E-state index < -0.39 is 29.5 Å². The van der Waals surface area contributed by atoms with Crippen LogP contribution in [-0.4, -0.2) is 11.6 Å². The van der Waals surface area contributed by atoms with Gasteiger partial charge in [-0.1, -0.05) is 6.07 Å². The summed E-state index contributed by atoms with van der Waals surface area (Å²) in [7, 11) is 0. The molecule has 1 atom stereocenters. The molecule has 0 aliphatic heterocycles. The number of rotatable bonds is 2. The lowest BCUT2D eigenvalue weighted by molar-refractivity contribution is -0.139. The summed E-state index contributed by atoms with van der Waals surface area (Å²) in [6.45, 7) is 6.60. The molecule has 4 nitrogen and oxygen atoms in total. The molecule has 0 aromatic heterocycles. The van der Waals surface area contributed by atoms with Crippen molar-refractivity contribution in [2.45, 2.75) is 45.5 Å². The molecule has 0 fully saturated rings.